The summed E-state index contributed by atoms with van der Waals surface area (Å²) in [4.78, 5) is 0. The van der Waals surface area contributed by atoms with Crippen molar-refractivity contribution >= 4 is 73.9 Å². The Morgan fingerprint density at radius 1 is 0.618 bits per heavy atom. The molecule has 0 aliphatic rings. The fraction of sp³-hybridized carbons (Fsp3) is 0.769. The van der Waals surface area contributed by atoms with Gasteiger partial charge in [-0.3, -0.25) is 0 Å². The van der Waals surface area contributed by atoms with Gasteiger partial charge in [0.25, 0.3) is 0 Å². The Balaban J connectivity index is 3.04. The van der Waals surface area contributed by atoms with Crippen LogP contribution in [-0.4, -0.2) is 29.5 Å². The minimum atomic E-state index is -1.87. The van der Waals surface area contributed by atoms with Crippen LogP contribution in [0.5, 0.6) is 0 Å². The molecule has 8 heteroatoms. The highest BCUT2D eigenvalue weighted by molar-refractivity contribution is 7.20. The Bertz CT molecular complexity index is 728. The number of halogens is 4. The molecule has 0 spiro atoms. The maximum Gasteiger partial charge on any atom is 0.157 e. The summed E-state index contributed by atoms with van der Waals surface area (Å²) < 4.78 is 0. The van der Waals surface area contributed by atoms with E-state index in [-0.39, 0.29) is 0 Å². The van der Waals surface area contributed by atoms with Crippen molar-refractivity contribution in [2.45, 2.75) is 127 Å². The summed E-state index contributed by atoms with van der Waals surface area (Å²) >= 11 is 26.9. The molecular weight excluding hydrogens is 566 g/mol. The summed E-state index contributed by atoms with van der Waals surface area (Å²) in [6, 6.07) is 10.8. The molecule has 0 fully saturated rings. The lowest BCUT2D eigenvalue weighted by Gasteiger charge is -2.30. The van der Waals surface area contributed by atoms with Crippen molar-refractivity contribution in [3.05, 3.63) is 34.9 Å². The lowest BCUT2D eigenvalue weighted by Crippen LogP contribution is -2.29. The Kier molecular flexibility index (Phi) is 14.1. The molecule has 0 bridgehead atoms. The topological polar surface area (TPSA) is 0 Å². The van der Waals surface area contributed by atoms with E-state index in [1.165, 1.54) is 67.3 Å². The number of rotatable bonds is 16. The quantitative estimate of drug-likeness (QED) is 0.0985. The van der Waals surface area contributed by atoms with Crippen LogP contribution in [0.25, 0.3) is 0 Å². The Labute approximate surface area is 234 Å². The third-order valence-corrected chi connectivity index (χ3v) is 16.0. The average Bonchev–Trinajstić information content (AvgIpc) is 2.61. The minimum absolute atomic E-state index is 0.495. The molecule has 0 heterocycles. The van der Waals surface area contributed by atoms with Crippen molar-refractivity contribution in [2.75, 3.05) is 0 Å². The van der Waals surface area contributed by atoms with E-state index < -0.39 is 29.5 Å². The van der Waals surface area contributed by atoms with Crippen molar-refractivity contribution in [2.24, 2.45) is 0 Å². The third kappa shape index (κ3) is 15.5. The second-order valence-electron chi connectivity index (χ2n) is 12.6. The van der Waals surface area contributed by atoms with E-state index in [1.807, 2.05) is 0 Å². The largest absolute Gasteiger partial charge is 0.168 e. The van der Waals surface area contributed by atoms with Crippen LogP contribution < -0.4 is 0 Å². The van der Waals surface area contributed by atoms with Gasteiger partial charge in [0.05, 0.1) is 0 Å². The molecule has 1 aromatic rings. The zero-order valence-corrected chi connectivity index (χ0v) is 30.1. The highest BCUT2D eigenvalue weighted by Crippen LogP contribution is 2.38. The molecule has 0 saturated carbocycles. The van der Waals surface area contributed by atoms with Crippen LogP contribution in [0.4, 0.5) is 0 Å². The second kappa shape index (κ2) is 14.4. The Morgan fingerprint density at radius 3 is 1.62 bits per heavy atom. The summed E-state index contributed by atoms with van der Waals surface area (Å²) in [5.74, 6) is 0. The van der Waals surface area contributed by atoms with Gasteiger partial charge in [-0.2, -0.15) is 44.3 Å². The summed E-state index contributed by atoms with van der Waals surface area (Å²) in [6.07, 6.45) is 9.55. The van der Waals surface area contributed by atoms with E-state index in [0.717, 1.165) is 18.9 Å². The number of hydrogen-bond acceptors (Lipinski definition) is 0. The SMILES string of the molecule is C[Si](C)(Cl)CCCCCC(c1ccc(CCC[Si](C)(C)Cl)cc1CCC[Si](C)(C)Cl)[Si](C)(C)Cl. The molecule has 34 heavy (non-hydrogen) atoms. The molecule has 1 rings (SSSR count). The van der Waals surface area contributed by atoms with E-state index in [9.17, 15) is 0 Å². The van der Waals surface area contributed by atoms with Crippen LogP contribution in [0.2, 0.25) is 70.5 Å². The van der Waals surface area contributed by atoms with Crippen molar-refractivity contribution in [1.82, 2.24) is 0 Å². The molecule has 0 aliphatic heterocycles. The molecule has 0 radical (unpaired) electrons. The van der Waals surface area contributed by atoms with Gasteiger partial charge in [-0.1, -0.05) is 103 Å². The number of unbranched alkanes of at least 4 members (excludes halogenated alkanes) is 2. The van der Waals surface area contributed by atoms with Crippen LogP contribution >= 0.6 is 44.3 Å². The molecule has 0 nitrogen and oxygen atoms in total. The first-order valence-corrected chi connectivity index (χ1v) is 30.0. The molecule has 198 valence electrons. The van der Waals surface area contributed by atoms with Crippen molar-refractivity contribution in [3.63, 3.8) is 0 Å². The predicted octanol–water partition coefficient (Wildman–Crippen LogP) is 11.5. The second-order valence-corrected chi connectivity index (χ2v) is 40.4. The van der Waals surface area contributed by atoms with E-state index in [4.69, 9.17) is 44.3 Å². The highest BCUT2D eigenvalue weighted by Gasteiger charge is 2.32. The molecule has 1 aromatic carbocycles. The lowest BCUT2D eigenvalue weighted by atomic mass is 9.94. The Hall–Kier alpha value is 1.25. The van der Waals surface area contributed by atoms with Gasteiger partial charge in [0.2, 0.25) is 0 Å². The summed E-state index contributed by atoms with van der Waals surface area (Å²) in [5, 5.41) is 0. The highest BCUT2D eigenvalue weighted by atomic mass is 35.6. The van der Waals surface area contributed by atoms with Crippen LogP contribution in [0.15, 0.2) is 18.2 Å². The van der Waals surface area contributed by atoms with Crippen LogP contribution in [0, 0.1) is 0 Å². The molecule has 1 atom stereocenters. The van der Waals surface area contributed by atoms with Gasteiger partial charge in [-0.25, -0.2) is 0 Å². The average molecular weight is 617 g/mol. The first-order valence-electron chi connectivity index (χ1n) is 13.2. The number of aryl methyl sites for hydroxylation is 2. The van der Waals surface area contributed by atoms with Gasteiger partial charge >= 0.3 is 0 Å². The van der Waals surface area contributed by atoms with Gasteiger partial charge < -0.3 is 0 Å². The van der Waals surface area contributed by atoms with E-state index in [1.54, 1.807) is 0 Å². The van der Waals surface area contributed by atoms with E-state index >= 15 is 0 Å². The van der Waals surface area contributed by atoms with Gasteiger partial charge in [0.15, 0.2) is 22.2 Å². The maximum atomic E-state index is 7.17. The van der Waals surface area contributed by atoms with Gasteiger partial charge in [0.1, 0.15) is 7.38 Å². The minimum Gasteiger partial charge on any atom is -0.168 e. The molecule has 0 amide bonds. The molecular formula is C26H50Cl4Si4. The van der Waals surface area contributed by atoms with E-state index in [0.29, 0.717) is 5.54 Å². The van der Waals surface area contributed by atoms with Gasteiger partial charge in [-0.15, -0.1) is 0 Å². The predicted molar refractivity (Wildman–Crippen MR) is 172 cm³/mol. The standard InChI is InChI=1S/C26H50Cl4Si4/c1-31(2,27)19-11-9-10-16-26(34(7,8)30)25-18-17-23(14-12-20-32(3,4)28)22-24(25)15-13-21-33(5,6)29/h17-18,22,26H,9-16,19-21H2,1-8H3. The molecule has 0 N–H and O–H groups in total. The van der Waals surface area contributed by atoms with Crippen LogP contribution in [-0.2, 0) is 12.8 Å². The van der Waals surface area contributed by atoms with Crippen LogP contribution in [0.1, 0.15) is 60.8 Å². The number of benzene rings is 1. The first-order chi connectivity index (χ1) is 15.4. The van der Waals surface area contributed by atoms with Crippen molar-refractivity contribution < 1.29 is 0 Å². The van der Waals surface area contributed by atoms with E-state index in [2.05, 4.69) is 70.6 Å². The first kappa shape index (κ1) is 33.3. The number of hydrogen-bond donors (Lipinski definition) is 0. The molecule has 0 aromatic heterocycles. The maximum absolute atomic E-state index is 7.17. The fourth-order valence-corrected chi connectivity index (χ4v) is 11.6. The molecule has 1 unspecified atom stereocenters. The van der Waals surface area contributed by atoms with Crippen molar-refractivity contribution in [3.8, 4) is 0 Å². The smallest absolute Gasteiger partial charge is 0.157 e. The van der Waals surface area contributed by atoms with Gasteiger partial charge in [0, 0.05) is 0 Å². The molecule has 0 aliphatic carbocycles. The third-order valence-electron chi connectivity index (χ3n) is 6.63. The normalized spacial score (nSPS) is 14.5. The summed E-state index contributed by atoms with van der Waals surface area (Å²) in [5.41, 5.74) is 4.99. The lowest BCUT2D eigenvalue weighted by molar-refractivity contribution is 0.641. The fourth-order valence-electron chi connectivity index (χ4n) is 4.72. The van der Waals surface area contributed by atoms with Gasteiger partial charge in [-0.05, 0) is 59.6 Å². The monoisotopic (exact) mass is 614 g/mol. The van der Waals surface area contributed by atoms with Crippen molar-refractivity contribution in [1.29, 1.82) is 0 Å². The Morgan fingerprint density at radius 2 is 1.12 bits per heavy atom. The zero-order valence-electron chi connectivity index (χ0n) is 23.1. The summed E-state index contributed by atoms with van der Waals surface area (Å²) in [7, 11) is -6.40. The zero-order chi connectivity index (χ0) is 26.2. The molecule has 0 saturated heterocycles. The summed E-state index contributed by atoms with van der Waals surface area (Å²) in [6.45, 7) is 18.2. The van der Waals surface area contributed by atoms with Crippen LogP contribution in [0.3, 0.4) is 0 Å².